The van der Waals surface area contributed by atoms with E-state index in [0.29, 0.717) is 6.61 Å². The van der Waals surface area contributed by atoms with Gasteiger partial charge in [0.25, 0.3) is 0 Å². The molecule has 0 radical (unpaired) electrons. The van der Waals surface area contributed by atoms with Gasteiger partial charge >= 0.3 is 0 Å². The maximum Gasteiger partial charge on any atom is 0.111 e. The van der Waals surface area contributed by atoms with E-state index in [1.807, 2.05) is 6.07 Å². The molecule has 0 saturated heterocycles. The number of hydrogen-bond donors (Lipinski definition) is 1. The van der Waals surface area contributed by atoms with Crippen LogP contribution in [-0.2, 0) is 11.4 Å². The van der Waals surface area contributed by atoms with Crippen LogP contribution in [0, 0.1) is 0 Å². The summed E-state index contributed by atoms with van der Waals surface area (Å²) in [5.41, 5.74) is 0.837. The number of fused-ring (bicyclic) bond motifs is 1. The van der Waals surface area contributed by atoms with Crippen LogP contribution in [0.4, 0.5) is 0 Å². The van der Waals surface area contributed by atoms with Crippen molar-refractivity contribution < 1.29 is 4.84 Å². The lowest BCUT2D eigenvalue weighted by Gasteiger charge is -1.97. The fraction of sp³-hybridized carbons (Fsp3) is 0.143. The molecule has 2 aromatic rings. The lowest BCUT2D eigenvalue weighted by molar-refractivity contribution is 0.122. The molecule has 2 aromatic heterocycles. The number of rotatable bonds is 2. The maximum atomic E-state index is 4.96. The van der Waals surface area contributed by atoms with Gasteiger partial charge in [-0.2, -0.15) is 4.37 Å². The van der Waals surface area contributed by atoms with Crippen molar-refractivity contribution in [3.63, 3.8) is 0 Å². The Labute approximate surface area is 73.1 Å². The Bertz CT molecular complexity index is 387. The number of pyridine rings is 1. The summed E-state index contributed by atoms with van der Waals surface area (Å²) in [7, 11) is 0. The molecular weight excluding hydrogens is 174 g/mol. The van der Waals surface area contributed by atoms with Crippen molar-refractivity contribution in [1.82, 2.24) is 9.36 Å². The molecule has 0 aliphatic rings. The quantitative estimate of drug-likeness (QED) is 0.704. The van der Waals surface area contributed by atoms with Gasteiger partial charge in [-0.3, -0.25) is 9.82 Å². The summed E-state index contributed by atoms with van der Waals surface area (Å²) < 4.78 is 5.16. The molecule has 0 bridgehead atoms. The summed E-state index contributed by atoms with van der Waals surface area (Å²) in [5, 5.41) is 1.02. The van der Waals surface area contributed by atoms with Gasteiger partial charge in [0.1, 0.15) is 6.61 Å². The van der Waals surface area contributed by atoms with Gasteiger partial charge in [-0.05, 0) is 17.6 Å². The topological polar surface area (TPSA) is 61.0 Å². The molecule has 2 rings (SSSR count). The lowest BCUT2D eigenvalue weighted by atomic mass is 10.3. The third-order valence-corrected chi connectivity index (χ3v) is 2.35. The van der Waals surface area contributed by atoms with Crippen molar-refractivity contribution in [2.45, 2.75) is 6.61 Å². The first-order chi connectivity index (χ1) is 5.92. The molecule has 4 nitrogen and oxygen atoms in total. The average Bonchev–Trinajstić information content (AvgIpc) is 2.53. The minimum atomic E-state index is 0.329. The number of nitrogens with zero attached hydrogens (tertiary/aromatic N) is 2. The smallest absolute Gasteiger partial charge is 0.111 e. The number of hydrogen-bond acceptors (Lipinski definition) is 5. The van der Waals surface area contributed by atoms with E-state index >= 15 is 0 Å². The van der Waals surface area contributed by atoms with Gasteiger partial charge in [-0.15, -0.1) is 0 Å². The van der Waals surface area contributed by atoms with E-state index in [-0.39, 0.29) is 0 Å². The molecule has 0 atom stereocenters. The van der Waals surface area contributed by atoms with E-state index in [2.05, 4.69) is 14.2 Å². The van der Waals surface area contributed by atoms with Crippen LogP contribution in [0.25, 0.3) is 10.1 Å². The van der Waals surface area contributed by atoms with Crippen molar-refractivity contribution in [2.24, 2.45) is 5.90 Å². The van der Waals surface area contributed by atoms with E-state index in [0.717, 1.165) is 15.8 Å². The minimum absolute atomic E-state index is 0.329. The fourth-order valence-electron chi connectivity index (χ4n) is 1.04. The Kier molecular flexibility index (Phi) is 1.99. The molecule has 0 fully saturated rings. The third kappa shape index (κ3) is 1.18. The highest BCUT2D eigenvalue weighted by molar-refractivity contribution is 7.13. The minimum Gasteiger partial charge on any atom is -0.298 e. The first-order valence-electron chi connectivity index (χ1n) is 3.42. The van der Waals surface area contributed by atoms with E-state index in [9.17, 15) is 0 Å². The summed E-state index contributed by atoms with van der Waals surface area (Å²) >= 11 is 1.44. The Morgan fingerprint density at radius 2 is 2.50 bits per heavy atom. The molecular formula is C7H7N3OS. The summed E-state index contributed by atoms with van der Waals surface area (Å²) in [6, 6.07) is 1.92. The number of nitrogens with two attached hydrogens (primary N) is 1. The van der Waals surface area contributed by atoms with E-state index in [1.165, 1.54) is 11.5 Å². The second-order valence-corrected chi connectivity index (χ2v) is 3.14. The SMILES string of the molecule is NOCc1nccc2sncc12. The third-order valence-electron chi connectivity index (χ3n) is 1.59. The van der Waals surface area contributed by atoms with Gasteiger partial charge in [-0.25, -0.2) is 5.90 Å². The summed E-state index contributed by atoms with van der Waals surface area (Å²) in [5.74, 6) is 4.96. The Balaban J connectivity index is 2.57. The number of aromatic nitrogens is 2. The van der Waals surface area contributed by atoms with Gasteiger partial charge in [-0.1, -0.05) is 0 Å². The average molecular weight is 181 g/mol. The highest BCUT2D eigenvalue weighted by atomic mass is 32.1. The molecule has 0 aliphatic carbocycles. The zero-order valence-electron chi connectivity index (χ0n) is 6.23. The predicted octanol–water partition coefficient (Wildman–Crippen LogP) is 1.08. The first-order valence-corrected chi connectivity index (χ1v) is 4.19. The Hall–Kier alpha value is -1.04. The Morgan fingerprint density at radius 1 is 1.58 bits per heavy atom. The van der Waals surface area contributed by atoms with Gasteiger partial charge in [0.05, 0.1) is 16.6 Å². The second kappa shape index (κ2) is 3.14. The van der Waals surface area contributed by atoms with E-state index in [1.54, 1.807) is 12.4 Å². The van der Waals surface area contributed by atoms with Crippen molar-refractivity contribution in [3.8, 4) is 0 Å². The standard InChI is InChI=1S/C7H7N3OS/c8-11-4-6-5-3-10-12-7(5)1-2-9-6/h1-3H,4,8H2. The molecule has 0 aromatic carbocycles. The molecule has 0 unspecified atom stereocenters. The maximum absolute atomic E-state index is 4.96. The van der Waals surface area contributed by atoms with Crippen molar-refractivity contribution >= 4 is 21.6 Å². The highest BCUT2D eigenvalue weighted by Gasteiger charge is 2.02. The lowest BCUT2D eigenvalue weighted by Crippen LogP contribution is -2.00. The van der Waals surface area contributed by atoms with Crippen molar-refractivity contribution in [2.75, 3.05) is 0 Å². The van der Waals surface area contributed by atoms with Crippen LogP contribution in [0.1, 0.15) is 5.69 Å². The van der Waals surface area contributed by atoms with Crippen LogP contribution in [0.15, 0.2) is 18.5 Å². The summed E-state index contributed by atoms with van der Waals surface area (Å²) in [4.78, 5) is 8.65. The zero-order valence-corrected chi connectivity index (χ0v) is 7.04. The molecule has 2 heterocycles. The molecule has 0 saturated carbocycles. The molecule has 12 heavy (non-hydrogen) atoms. The molecule has 2 N–H and O–H groups in total. The molecule has 0 aliphatic heterocycles. The van der Waals surface area contributed by atoms with E-state index in [4.69, 9.17) is 5.90 Å². The fourth-order valence-corrected chi connectivity index (χ4v) is 1.71. The van der Waals surface area contributed by atoms with Gasteiger partial charge < -0.3 is 0 Å². The summed E-state index contributed by atoms with van der Waals surface area (Å²) in [6.07, 6.45) is 3.51. The zero-order chi connectivity index (χ0) is 8.39. The van der Waals surface area contributed by atoms with Crippen LogP contribution in [0.2, 0.25) is 0 Å². The van der Waals surface area contributed by atoms with Crippen molar-refractivity contribution in [3.05, 3.63) is 24.2 Å². The normalized spacial score (nSPS) is 10.8. The van der Waals surface area contributed by atoms with Gasteiger partial charge in [0.15, 0.2) is 0 Å². The van der Waals surface area contributed by atoms with Crippen LogP contribution < -0.4 is 5.90 Å². The van der Waals surface area contributed by atoms with Gasteiger partial charge in [0.2, 0.25) is 0 Å². The molecule has 0 spiro atoms. The molecule has 0 amide bonds. The molecule has 5 heteroatoms. The Morgan fingerprint density at radius 3 is 3.33 bits per heavy atom. The van der Waals surface area contributed by atoms with Gasteiger partial charge in [0, 0.05) is 11.6 Å². The van der Waals surface area contributed by atoms with Crippen LogP contribution >= 0.6 is 11.5 Å². The largest absolute Gasteiger partial charge is 0.298 e. The van der Waals surface area contributed by atoms with Crippen LogP contribution in [0.3, 0.4) is 0 Å². The second-order valence-electron chi connectivity index (χ2n) is 2.31. The molecule has 62 valence electrons. The summed E-state index contributed by atoms with van der Waals surface area (Å²) in [6.45, 7) is 0.329. The van der Waals surface area contributed by atoms with E-state index < -0.39 is 0 Å². The van der Waals surface area contributed by atoms with Crippen molar-refractivity contribution in [1.29, 1.82) is 0 Å². The van der Waals surface area contributed by atoms with Crippen LogP contribution in [0.5, 0.6) is 0 Å². The van der Waals surface area contributed by atoms with Crippen LogP contribution in [-0.4, -0.2) is 9.36 Å². The monoisotopic (exact) mass is 181 g/mol. The highest BCUT2D eigenvalue weighted by Crippen LogP contribution is 2.19. The predicted molar refractivity (Wildman–Crippen MR) is 46.4 cm³/mol. The first kappa shape index (κ1) is 7.60.